The van der Waals surface area contributed by atoms with Crippen LogP contribution >= 0.6 is 11.8 Å². The van der Waals surface area contributed by atoms with E-state index in [0.717, 1.165) is 5.56 Å². The van der Waals surface area contributed by atoms with Gasteiger partial charge in [-0.2, -0.15) is 4.98 Å². The Morgan fingerprint density at radius 2 is 2.19 bits per heavy atom. The van der Waals surface area contributed by atoms with Crippen LogP contribution in [0.15, 0.2) is 41.7 Å². The number of hydrogen-bond acceptors (Lipinski definition) is 4. The minimum Gasteiger partial charge on any atom is -0.493 e. The van der Waals surface area contributed by atoms with Crippen molar-refractivity contribution in [3.63, 3.8) is 0 Å². The Bertz CT molecular complexity index is 447. The molecule has 0 radical (unpaired) electrons. The second-order valence-electron chi connectivity index (χ2n) is 3.12. The van der Waals surface area contributed by atoms with Gasteiger partial charge in [-0.05, 0) is 17.7 Å². The van der Waals surface area contributed by atoms with Crippen molar-refractivity contribution in [1.29, 1.82) is 0 Å². The van der Waals surface area contributed by atoms with Crippen LogP contribution in [0.25, 0.3) is 0 Å². The van der Waals surface area contributed by atoms with E-state index in [4.69, 9.17) is 5.11 Å². The molecule has 0 fully saturated rings. The van der Waals surface area contributed by atoms with Gasteiger partial charge < -0.3 is 5.11 Å². The topological polar surface area (TPSA) is 46.0 Å². The molecule has 1 N–H and O–H groups in total. The Kier molecular flexibility index (Phi) is 3.36. The van der Waals surface area contributed by atoms with Crippen molar-refractivity contribution in [2.45, 2.75) is 10.9 Å². The van der Waals surface area contributed by atoms with E-state index in [9.17, 15) is 4.39 Å². The first-order valence-corrected chi connectivity index (χ1v) is 5.62. The molecule has 0 aliphatic rings. The zero-order chi connectivity index (χ0) is 11.4. The van der Waals surface area contributed by atoms with E-state index in [1.54, 1.807) is 6.07 Å². The molecule has 3 nitrogen and oxygen atoms in total. The number of aromatic nitrogens is 2. The zero-order valence-corrected chi connectivity index (χ0v) is 9.12. The second kappa shape index (κ2) is 4.94. The van der Waals surface area contributed by atoms with Crippen LogP contribution in [0.1, 0.15) is 5.56 Å². The van der Waals surface area contributed by atoms with Gasteiger partial charge in [0.25, 0.3) is 0 Å². The van der Waals surface area contributed by atoms with Crippen LogP contribution in [0.2, 0.25) is 0 Å². The third kappa shape index (κ3) is 2.93. The Morgan fingerprint density at radius 3 is 2.94 bits per heavy atom. The van der Waals surface area contributed by atoms with Crippen LogP contribution in [0.5, 0.6) is 5.88 Å². The van der Waals surface area contributed by atoms with E-state index >= 15 is 0 Å². The summed E-state index contributed by atoms with van der Waals surface area (Å²) in [5, 5.41) is 9.61. The predicted molar refractivity (Wildman–Crippen MR) is 59.7 cm³/mol. The maximum atomic E-state index is 12.9. The first kappa shape index (κ1) is 10.9. The lowest BCUT2D eigenvalue weighted by molar-refractivity contribution is 0.445. The minimum atomic E-state index is -0.255. The van der Waals surface area contributed by atoms with Crippen molar-refractivity contribution in [3.8, 4) is 5.88 Å². The Morgan fingerprint density at radius 1 is 1.31 bits per heavy atom. The SMILES string of the molecule is Oc1ccnc(SCc2cccc(F)c2)n1. The van der Waals surface area contributed by atoms with Crippen molar-refractivity contribution in [1.82, 2.24) is 9.97 Å². The minimum absolute atomic E-state index is 0.0586. The molecular formula is C11H9FN2OS. The molecule has 2 rings (SSSR count). The fourth-order valence-electron chi connectivity index (χ4n) is 1.18. The lowest BCUT2D eigenvalue weighted by Gasteiger charge is -2.00. The molecule has 0 aliphatic heterocycles. The first-order chi connectivity index (χ1) is 7.74. The van der Waals surface area contributed by atoms with Gasteiger partial charge in [-0.1, -0.05) is 23.9 Å². The number of benzene rings is 1. The molecular weight excluding hydrogens is 227 g/mol. The van der Waals surface area contributed by atoms with Gasteiger partial charge in [-0.25, -0.2) is 9.37 Å². The summed E-state index contributed by atoms with van der Waals surface area (Å²) in [5.74, 6) is 0.257. The zero-order valence-electron chi connectivity index (χ0n) is 8.30. The van der Waals surface area contributed by atoms with Gasteiger partial charge in [-0.15, -0.1) is 0 Å². The number of thioether (sulfide) groups is 1. The highest BCUT2D eigenvalue weighted by Gasteiger charge is 2.01. The second-order valence-corrected chi connectivity index (χ2v) is 4.06. The summed E-state index contributed by atoms with van der Waals surface area (Å²) in [7, 11) is 0. The summed E-state index contributed by atoms with van der Waals surface area (Å²) in [6.07, 6.45) is 1.48. The molecule has 0 unspecified atom stereocenters. The Balaban J connectivity index is 2.02. The van der Waals surface area contributed by atoms with Crippen molar-refractivity contribution in [2.75, 3.05) is 0 Å². The number of hydrogen-bond donors (Lipinski definition) is 1. The monoisotopic (exact) mass is 236 g/mol. The number of aromatic hydroxyl groups is 1. The van der Waals surface area contributed by atoms with Crippen LogP contribution in [-0.2, 0) is 5.75 Å². The van der Waals surface area contributed by atoms with E-state index in [0.29, 0.717) is 10.9 Å². The average molecular weight is 236 g/mol. The molecule has 1 aromatic carbocycles. The maximum Gasteiger partial charge on any atom is 0.214 e. The molecule has 0 spiro atoms. The molecule has 16 heavy (non-hydrogen) atoms. The van der Waals surface area contributed by atoms with Gasteiger partial charge in [0.05, 0.1) is 0 Å². The van der Waals surface area contributed by atoms with Gasteiger partial charge in [-0.3, -0.25) is 0 Å². The molecule has 0 atom stereocenters. The Hall–Kier alpha value is -1.62. The van der Waals surface area contributed by atoms with E-state index in [2.05, 4.69) is 9.97 Å². The van der Waals surface area contributed by atoms with Crippen molar-refractivity contribution < 1.29 is 9.50 Å². The highest BCUT2D eigenvalue weighted by atomic mass is 32.2. The van der Waals surface area contributed by atoms with Crippen LogP contribution in [0.3, 0.4) is 0 Å². The van der Waals surface area contributed by atoms with E-state index in [1.807, 2.05) is 6.07 Å². The van der Waals surface area contributed by atoms with Crippen molar-refractivity contribution in [2.24, 2.45) is 0 Å². The van der Waals surface area contributed by atoms with Crippen LogP contribution in [-0.4, -0.2) is 15.1 Å². The molecule has 0 aliphatic carbocycles. The highest BCUT2D eigenvalue weighted by molar-refractivity contribution is 7.98. The molecule has 0 bridgehead atoms. The van der Waals surface area contributed by atoms with Gasteiger partial charge in [0, 0.05) is 18.0 Å². The third-order valence-electron chi connectivity index (χ3n) is 1.88. The van der Waals surface area contributed by atoms with Crippen LogP contribution < -0.4 is 0 Å². The summed E-state index contributed by atoms with van der Waals surface area (Å²) in [6, 6.07) is 7.77. The third-order valence-corrected chi connectivity index (χ3v) is 2.81. The quantitative estimate of drug-likeness (QED) is 0.657. The van der Waals surface area contributed by atoms with Gasteiger partial charge in [0.2, 0.25) is 5.88 Å². The summed E-state index contributed by atoms with van der Waals surface area (Å²) in [5.41, 5.74) is 0.858. The summed E-state index contributed by atoms with van der Waals surface area (Å²) in [6.45, 7) is 0. The molecule has 5 heteroatoms. The normalized spacial score (nSPS) is 10.3. The van der Waals surface area contributed by atoms with Crippen LogP contribution in [0, 0.1) is 5.82 Å². The largest absolute Gasteiger partial charge is 0.493 e. The smallest absolute Gasteiger partial charge is 0.214 e. The number of rotatable bonds is 3. The van der Waals surface area contributed by atoms with E-state index in [-0.39, 0.29) is 11.7 Å². The molecule has 0 saturated carbocycles. The van der Waals surface area contributed by atoms with Gasteiger partial charge in [0.1, 0.15) is 5.82 Å². The predicted octanol–water partition coefficient (Wildman–Crippen LogP) is 2.61. The molecule has 1 heterocycles. The highest BCUT2D eigenvalue weighted by Crippen LogP contribution is 2.20. The standard InChI is InChI=1S/C11H9FN2OS/c12-9-3-1-2-8(6-9)7-16-11-13-5-4-10(15)14-11/h1-6H,7H2,(H,13,14,15). The summed E-state index contributed by atoms with van der Waals surface area (Å²) < 4.78 is 12.9. The summed E-state index contributed by atoms with van der Waals surface area (Å²) >= 11 is 1.35. The molecule has 1 aromatic heterocycles. The first-order valence-electron chi connectivity index (χ1n) is 4.63. The Labute approximate surface area is 96.4 Å². The van der Waals surface area contributed by atoms with Gasteiger partial charge >= 0.3 is 0 Å². The molecule has 2 aromatic rings. The van der Waals surface area contributed by atoms with E-state index < -0.39 is 0 Å². The van der Waals surface area contributed by atoms with Crippen LogP contribution in [0.4, 0.5) is 4.39 Å². The fourth-order valence-corrected chi connectivity index (χ4v) is 1.94. The van der Waals surface area contributed by atoms with Gasteiger partial charge in [0.15, 0.2) is 5.16 Å². The molecule has 0 saturated heterocycles. The summed E-state index contributed by atoms with van der Waals surface area (Å²) in [4.78, 5) is 7.80. The van der Waals surface area contributed by atoms with E-state index in [1.165, 1.54) is 36.2 Å². The maximum absolute atomic E-state index is 12.9. The average Bonchev–Trinajstić information content (AvgIpc) is 2.27. The van der Waals surface area contributed by atoms with Crippen molar-refractivity contribution >= 4 is 11.8 Å². The fraction of sp³-hybridized carbons (Fsp3) is 0.0909. The molecule has 0 amide bonds. The number of nitrogens with zero attached hydrogens (tertiary/aromatic N) is 2. The lowest BCUT2D eigenvalue weighted by Crippen LogP contribution is -1.87. The van der Waals surface area contributed by atoms with Crippen molar-refractivity contribution in [3.05, 3.63) is 47.9 Å². The lowest BCUT2D eigenvalue weighted by atomic mass is 10.2. The number of halogens is 1. The molecule has 82 valence electrons.